The standard InChI is InChI=1S/C14H15NO3/c1-3-8-18-14(16)12(10-15)9-11-6-4-5-7-13(11)17-2/h4-7,9H,3,8H2,1-2H3. The molecule has 1 aromatic carbocycles. The minimum Gasteiger partial charge on any atom is -0.496 e. The van der Waals surface area contributed by atoms with E-state index in [0.29, 0.717) is 17.9 Å². The lowest BCUT2D eigenvalue weighted by atomic mass is 10.1. The van der Waals surface area contributed by atoms with E-state index >= 15 is 0 Å². The zero-order chi connectivity index (χ0) is 13.4. The fourth-order valence-electron chi connectivity index (χ4n) is 1.35. The van der Waals surface area contributed by atoms with Crippen LogP contribution in [0.4, 0.5) is 0 Å². The molecule has 0 aliphatic carbocycles. The van der Waals surface area contributed by atoms with Crippen molar-refractivity contribution in [1.29, 1.82) is 5.26 Å². The fourth-order valence-corrected chi connectivity index (χ4v) is 1.35. The summed E-state index contributed by atoms with van der Waals surface area (Å²) >= 11 is 0. The molecule has 0 atom stereocenters. The molecule has 4 heteroatoms. The van der Waals surface area contributed by atoms with Gasteiger partial charge in [-0.15, -0.1) is 0 Å². The summed E-state index contributed by atoms with van der Waals surface area (Å²) in [4.78, 5) is 11.6. The zero-order valence-electron chi connectivity index (χ0n) is 10.5. The highest BCUT2D eigenvalue weighted by molar-refractivity contribution is 5.98. The number of nitrogens with zero attached hydrogens (tertiary/aromatic N) is 1. The quantitative estimate of drug-likeness (QED) is 0.454. The van der Waals surface area contributed by atoms with Crippen molar-refractivity contribution in [2.45, 2.75) is 13.3 Å². The van der Waals surface area contributed by atoms with Gasteiger partial charge in [0.2, 0.25) is 0 Å². The van der Waals surface area contributed by atoms with Gasteiger partial charge < -0.3 is 9.47 Å². The third-order valence-corrected chi connectivity index (χ3v) is 2.22. The Kier molecular flexibility index (Phi) is 5.46. The minimum absolute atomic E-state index is 0.0343. The average Bonchev–Trinajstić information content (AvgIpc) is 2.42. The molecule has 0 bridgehead atoms. The highest BCUT2D eigenvalue weighted by Crippen LogP contribution is 2.20. The Labute approximate surface area is 106 Å². The van der Waals surface area contributed by atoms with Crippen LogP contribution < -0.4 is 4.74 Å². The molecule has 0 heterocycles. The van der Waals surface area contributed by atoms with E-state index < -0.39 is 5.97 Å². The summed E-state index contributed by atoms with van der Waals surface area (Å²) in [6.45, 7) is 2.20. The van der Waals surface area contributed by atoms with Crippen molar-refractivity contribution < 1.29 is 14.3 Å². The van der Waals surface area contributed by atoms with Crippen molar-refractivity contribution >= 4 is 12.0 Å². The summed E-state index contributed by atoms with van der Waals surface area (Å²) in [5.74, 6) is -0.00111. The van der Waals surface area contributed by atoms with Gasteiger partial charge in [-0.1, -0.05) is 25.1 Å². The summed E-state index contributed by atoms with van der Waals surface area (Å²) < 4.78 is 10.1. The Balaban J connectivity index is 2.97. The number of rotatable bonds is 5. The van der Waals surface area contributed by atoms with E-state index in [1.54, 1.807) is 18.2 Å². The van der Waals surface area contributed by atoms with Crippen molar-refractivity contribution in [3.05, 3.63) is 35.4 Å². The molecule has 0 radical (unpaired) electrons. The van der Waals surface area contributed by atoms with Crippen LogP contribution in [-0.4, -0.2) is 19.7 Å². The van der Waals surface area contributed by atoms with E-state index in [1.165, 1.54) is 13.2 Å². The molecule has 0 unspecified atom stereocenters. The van der Waals surface area contributed by atoms with Crippen LogP contribution in [0.25, 0.3) is 6.08 Å². The maximum atomic E-state index is 11.6. The molecule has 0 aliphatic rings. The lowest BCUT2D eigenvalue weighted by Gasteiger charge is -2.05. The van der Waals surface area contributed by atoms with E-state index in [0.717, 1.165) is 6.42 Å². The van der Waals surface area contributed by atoms with Gasteiger partial charge in [0.15, 0.2) is 0 Å². The molecule has 0 amide bonds. The SMILES string of the molecule is CCCOC(=O)C(C#N)=Cc1ccccc1OC. The van der Waals surface area contributed by atoms with Gasteiger partial charge in [0.1, 0.15) is 17.4 Å². The lowest BCUT2D eigenvalue weighted by Crippen LogP contribution is -2.07. The molecule has 4 nitrogen and oxygen atoms in total. The number of carbonyl (C=O) groups is 1. The minimum atomic E-state index is -0.606. The van der Waals surface area contributed by atoms with Crippen LogP contribution in [0.5, 0.6) is 5.75 Å². The van der Waals surface area contributed by atoms with E-state index in [-0.39, 0.29) is 5.57 Å². The summed E-state index contributed by atoms with van der Waals surface area (Å²) in [7, 11) is 1.54. The van der Waals surface area contributed by atoms with Crippen LogP contribution in [-0.2, 0) is 9.53 Å². The Morgan fingerprint density at radius 1 is 1.44 bits per heavy atom. The van der Waals surface area contributed by atoms with Gasteiger partial charge in [-0.25, -0.2) is 4.79 Å². The predicted molar refractivity (Wildman–Crippen MR) is 67.8 cm³/mol. The van der Waals surface area contributed by atoms with E-state index in [2.05, 4.69) is 0 Å². The highest BCUT2D eigenvalue weighted by atomic mass is 16.5. The van der Waals surface area contributed by atoms with E-state index in [9.17, 15) is 4.79 Å². The largest absolute Gasteiger partial charge is 0.496 e. The van der Waals surface area contributed by atoms with Gasteiger partial charge in [0.25, 0.3) is 0 Å². The number of nitriles is 1. The fraction of sp³-hybridized carbons (Fsp3) is 0.286. The van der Waals surface area contributed by atoms with Gasteiger partial charge in [-0.05, 0) is 18.6 Å². The van der Waals surface area contributed by atoms with Crippen LogP contribution in [0.15, 0.2) is 29.8 Å². The number of benzene rings is 1. The lowest BCUT2D eigenvalue weighted by molar-refractivity contribution is -0.138. The van der Waals surface area contributed by atoms with Crippen molar-refractivity contribution in [3.8, 4) is 11.8 Å². The van der Waals surface area contributed by atoms with Crippen LogP contribution >= 0.6 is 0 Å². The van der Waals surface area contributed by atoms with Crippen molar-refractivity contribution in [3.63, 3.8) is 0 Å². The number of carbonyl (C=O) groups excluding carboxylic acids is 1. The van der Waals surface area contributed by atoms with Crippen molar-refractivity contribution in [2.75, 3.05) is 13.7 Å². The Bertz CT molecular complexity index is 486. The molecule has 0 spiro atoms. The Hall–Kier alpha value is -2.28. The van der Waals surface area contributed by atoms with Gasteiger partial charge >= 0.3 is 5.97 Å². The second-order valence-electron chi connectivity index (χ2n) is 3.55. The van der Waals surface area contributed by atoms with Crippen LogP contribution in [0.3, 0.4) is 0 Å². The first-order valence-corrected chi connectivity index (χ1v) is 5.64. The van der Waals surface area contributed by atoms with Crippen molar-refractivity contribution in [2.24, 2.45) is 0 Å². The van der Waals surface area contributed by atoms with Crippen molar-refractivity contribution in [1.82, 2.24) is 0 Å². The molecule has 1 aromatic rings. The third kappa shape index (κ3) is 3.63. The smallest absolute Gasteiger partial charge is 0.348 e. The van der Waals surface area contributed by atoms with Gasteiger partial charge in [0.05, 0.1) is 13.7 Å². The molecule has 0 aromatic heterocycles. The first-order valence-electron chi connectivity index (χ1n) is 5.64. The summed E-state index contributed by atoms with van der Waals surface area (Å²) in [6, 6.07) is 8.99. The topological polar surface area (TPSA) is 59.3 Å². The highest BCUT2D eigenvalue weighted by Gasteiger charge is 2.11. The van der Waals surface area contributed by atoms with Crippen LogP contribution in [0, 0.1) is 11.3 Å². The van der Waals surface area contributed by atoms with Crippen LogP contribution in [0.1, 0.15) is 18.9 Å². The van der Waals surface area contributed by atoms with Gasteiger partial charge in [-0.2, -0.15) is 5.26 Å². The predicted octanol–water partition coefficient (Wildman–Crippen LogP) is 2.56. The number of para-hydroxylation sites is 1. The van der Waals surface area contributed by atoms with Gasteiger partial charge in [-0.3, -0.25) is 0 Å². The molecular formula is C14H15NO3. The Morgan fingerprint density at radius 2 is 2.17 bits per heavy atom. The second kappa shape index (κ2) is 7.13. The maximum absolute atomic E-state index is 11.6. The molecular weight excluding hydrogens is 230 g/mol. The third-order valence-electron chi connectivity index (χ3n) is 2.22. The molecule has 0 aliphatic heterocycles. The molecule has 94 valence electrons. The number of hydrogen-bond donors (Lipinski definition) is 0. The number of methoxy groups -OCH3 is 1. The number of ether oxygens (including phenoxy) is 2. The molecule has 0 fully saturated rings. The second-order valence-corrected chi connectivity index (χ2v) is 3.55. The van der Waals surface area contributed by atoms with Crippen LogP contribution in [0.2, 0.25) is 0 Å². The molecule has 0 saturated heterocycles. The maximum Gasteiger partial charge on any atom is 0.348 e. The first-order chi connectivity index (χ1) is 8.72. The zero-order valence-corrected chi connectivity index (χ0v) is 10.5. The average molecular weight is 245 g/mol. The number of hydrogen-bond acceptors (Lipinski definition) is 4. The summed E-state index contributed by atoms with van der Waals surface area (Å²) in [5, 5.41) is 8.96. The molecule has 1 rings (SSSR count). The van der Waals surface area contributed by atoms with E-state index in [4.69, 9.17) is 14.7 Å². The van der Waals surface area contributed by atoms with Gasteiger partial charge in [0, 0.05) is 5.56 Å². The molecule has 0 N–H and O–H groups in total. The summed E-state index contributed by atoms with van der Waals surface area (Å²) in [5.41, 5.74) is 0.637. The van der Waals surface area contributed by atoms with E-state index in [1.807, 2.05) is 19.1 Å². The normalized spacial score (nSPS) is 10.6. The Morgan fingerprint density at radius 3 is 2.78 bits per heavy atom. The summed E-state index contributed by atoms with van der Waals surface area (Å²) in [6.07, 6.45) is 2.19. The first kappa shape index (κ1) is 13.8. The monoisotopic (exact) mass is 245 g/mol. The number of esters is 1. The molecule has 18 heavy (non-hydrogen) atoms. The molecule has 0 saturated carbocycles.